The molecule has 0 bridgehead atoms. The van der Waals surface area contributed by atoms with Crippen molar-refractivity contribution in [2.24, 2.45) is 5.73 Å². The van der Waals surface area contributed by atoms with Crippen LogP contribution in [0, 0.1) is 0 Å². The van der Waals surface area contributed by atoms with Crippen molar-refractivity contribution in [3.05, 3.63) is 65.2 Å². The molecule has 0 amide bonds. The van der Waals surface area contributed by atoms with Crippen LogP contribution in [0.5, 0.6) is 0 Å². The molecule has 1 unspecified atom stereocenters. The highest BCUT2D eigenvalue weighted by molar-refractivity contribution is 5.50. The highest BCUT2D eigenvalue weighted by Crippen LogP contribution is 2.24. The van der Waals surface area contributed by atoms with Gasteiger partial charge in [-0.05, 0) is 48.1 Å². The van der Waals surface area contributed by atoms with Gasteiger partial charge in [-0.15, -0.1) is 0 Å². The van der Waals surface area contributed by atoms with Gasteiger partial charge < -0.3 is 10.6 Å². The normalized spacial score (nSPS) is 15.6. The fraction of sp³-hybridized carbons (Fsp3) is 0.368. The van der Waals surface area contributed by atoms with E-state index in [2.05, 4.69) is 60.4 Å². The second-order valence-electron chi connectivity index (χ2n) is 5.98. The molecule has 0 radical (unpaired) electrons. The van der Waals surface area contributed by atoms with Gasteiger partial charge in [-0.1, -0.05) is 43.3 Å². The lowest BCUT2D eigenvalue weighted by atomic mass is 9.99. The molecule has 1 aliphatic rings. The summed E-state index contributed by atoms with van der Waals surface area (Å²) in [5.74, 6) is 0. The molecule has 0 saturated carbocycles. The van der Waals surface area contributed by atoms with Gasteiger partial charge in [-0.25, -0.2) is 0 Å². The third kappa shape index (κ3) is 3.27. The minimum absolute atomic E-state index is 0.276. The maximum absolute atomic E-state index is 6.03. The van der Waals surface area contributed by atoms with E-state index in [1.54, 1.807) is 0 Å². The van der Waals surface area contributed by atoms with Crippen LogP contribution in [0.1, 0.15) is 30.0 Å². The number of hydrogen-bond donors (Lipinski definition) is 1. The minimum atomic E-state index is 0.276. The van der Waals surface area contributed by atoms with E-state index in [9.17, 15) is 0 Å². The molecule has 0 aliphatic carbocycles. The molecule has 2 heteroatoms. The highest BCUT2D eigenvalue weighted by Gasteiger charge is 2.15. The molecule has 2 aromatic rings. The van der Waals surface area contributed by atoms with Gasteiger partial charge in [-0.2, -0.15) is 0 Å². The van der Waals surface area contributed by atoms with E-state index in [1.807, 2.05) is 0 Å². The van der Waals surface area contributed by atoms with Crippen LogP contribution < -0.4 is 10.6 Å². The van der Waals surface area contributed by atoms with Gasteiger partial charge in [0, 0.05) is 24.8 Å². The maximum Gasteiger partial charge on any atom is 0.0432 e. The van der Waals surface area contributed by atoms with Gasteiger partial charge >= 0.3 is 0 Å². The number of benzene rings is 2. The second kappa shape index (κ2) is 6.31. The lowest BCUT2D eigenvalue weighted by molar-refractivity contribution is 0.646. The predicted octanol–water partition coefficient (Wildman–Crippen LogP) is 3.53. The van der Waals surface area contributed by atoms with E-state index in [0.29, 0.717) is 0 Å². The zero-order valence-corrected chi connectivity index (χ0v) is 12.8. The molecular formula is C19H24N2. The number of fused-ring (bicyclic) bond motifs is 1. The van der Waals surface area contributed by atoms with Gasteiger partial charge in [0.15, 0.2) is 0 Å². The van der Waals surface area contributed by atoms with Crippen LogP contribution in [0.3, 0.4) is 0 Å². The smallest absolute Gasteiger partial charge is 0.0432 e. The van der Waals surface area contributed by atoms with Gasteiger partial charge in [0.25, 0.3) is 0 Å². The molecule has 2 nitrogen and oxygen atoms in total. The molecule has 3 rings (SSSR count). The largest absolute Gasteiger partial charge is 0.367 e. The fourth-order valence-corrected chi connectivity index (χ4v) is 3.01. The zero-order chi connectivity index (χ0) is 14.7. The molecule has 0 spiro atoms. The van der Waals surface area contributed by atoms with E-state index in [4.69, 9.17) is 5.73 Å². The van der Waals surface area contributed by atoms with Crippen molar-refractivity contribution in [2.45, 2.75) is 38.8 Å². The summed E-state index contributed by atoms with van der Waals surface area (Å²) >= 11 is 0. The Kier molecular flexibility index (Phi) is 4.26. The summed E-state index contributed by atoms with van der Waals surface area (Å²) in [6, 6.07) is 18.0. The van der Waals surface area contributed by atoms with Crippen LogP contribution in [0.25, 0.3) is 0 Å². The van der Waals surface area contributed by atoms with Crippen molar-refractivity contribution in [3.8, 4) is 0 Å². The number of anilines is 1. The molecule has 21 heavy (non-hydrogen) atoms. The predicted molar refractivity (Wildman–Crippen MR) is 89.6 cm³/mol. The Balaban J connectivity index is 1.71. The Morgan fingerprint density at radius 1 is 1.05 bits per heavy atom. The molecule has 0 saturated heterocycles. The van der Waals surface area contributed by atoms with E-state index >= 15 is 0 Å². The van der Waals surface area contributed by atoms with Crippen LogP contribution in [0.4, 0.5) is 5.69 Å². The summed E-state index contributed by atoms with van der Waals surface area (Å²) < 4.78 is 0. The van der Waals surface area contributed by atoms with Crippen LogP contribution in [0.2, 0.25) is 0 Å². The van der Waals surface area contributed by atoms with Gasteiger partial charge in [0.2, 0.25) is 0 Å². The number of rotatable bonds is 4. The third-order valence-electron chi connectivity index (χ3n) is 4.45. The van der Waals surface area contributed by atoms with Crippen molar-refractivity contribution >= 4 is 5.69 Å². The van der Waals surface area contributed by atoms with Crippen LogP contribution in [-0.2, 0) is 19.4 Å². The van der Waals surface area contributed by atoms with Gasteiger partial charge in [-0.3, -0.25) is 0 Å². The lowest BCUT2D eigenvalue weighted by Crippen LogP contribution is -2.30. The Morgan fingerprint density at radius 3 is 2.48 bits per heavy atom. The standard InChI is InChI=1S/C19H24N2/c1-2-18(20)13-15-7-9-19(10-8-15)21-12-11-16-5-3-4-6-17(16)14-21/h3-10,18H,2,11-14,20H2,1H3. The van der Waals surface area contributed by atoms with Crippen molar-refractivity contribution in [1.29, 1.82) is 0 Å². The zero-order valence-electron chi connectivity index (χ0n) is 12.8. The van der Waals surface area contributed by atoms with Crippen molar-refractivity contribution in [3.63, 3.8) is 0 Å². The molecule has 0 fully saturated rings. The molecule has 1 aliphatic heterocycles. The van der Waals surface area contributed by atoms with E-state index in [0.717, 1.165) is 32.4 Å². The molecule has 1 atom stereocenters. The molecule has 1 heterocycles. The summed E-state index contributed by atoms with van der Waals surface area (Å²) in [6.45, 7) is 4.26. The highest BCUT2D eigenvalue weighted by atomic mass is 15.1. The number of nitrogens with zero attached hydrogens (tertiary/aromatic N) is 1. The molecule has 2 N–H and O–H groups in total. The van der Waals surface area contributed by atoms with Crippen LogP contribution >= 0.6 is 0 Å². The topological polar surface area (TPSA) is 29.3 Å². The van der Waals surface area contributed by atoms with E-state index in [1.165, 1.54) is 22.4 Å². The first-order chi connectivity index (χ1) is 10.3. The SMILES string of the molecule is CCC(N)Cc1ccc(N2CCc3ccccc3C2)cc1. The Hall–Kier alpha value is -1.80. The molecule has 2 aromatic carbocycles. The lowest BCUT2D eigenvalue weighted by Gasteiger charge is -2.30. The van der Waals surface area contributed by atoms with Gasteiger partial charge in [0.1, 0.15) is 0 Å². The summed E-state index contributed by atoms with van der Waals surface area (Å²) in [4.78, 5) is 2.46. The summed E-state index contributed by atoms with van der Waals surface area (Å²) in [5, 5.41) is 0. The Labute approximate surface area is 127 Å². The average molecular weight is 280 g/mol. The fourth-order valence-electron chi connectivity index (χ4n) is 3.01. The number of nitrogens with two attached hydrogens (primary N) is 1. The average Bonchev–Trinajstić information content (AvgIpc) is 2.55. The van der Waals surface area contributed by atoms with Crippen LogP contribution in [0.15, 0.2) is 48.5 Å². The first-order valence-corrected chi connectivity index (χ1v) is 7.92. The quantitative estimate of drug-likeness (QED) is 0.928. The molecular weight excluding hydrogens is 256 g/mol. The number of hydrogen-bond acceptors (Lipinski definition) is 2. The molecule has 110 valence electrons. The second-order valence-corrected chi connectivity index (χ2v) is 5.98. The Morgan fingerprint density at radius 2 is 1.76 bits per heavy atom. The van der Waals surface area contributed by atoms with Crippen LogP contribution in [-0.4, -0.2) is 12.6 Å². The maximum atomic E-state index is 6.03. The first-order valence-electron chi connectivity index (χ1n) is 7.92. The molecule has 0 aromatic heterocycles. The first kappa shape index (κ1) is 14.2. The van der Waals surface area contributed by atoms with Crippen molar-refractivity contribution < 1.29 is 0 Å². The van der Waals surface area contributed by atoms with Crippen molar-refractivity contribution in [1.82, 2.24) is 0 Å². The van der Waals surface area contributed by atoms with Gasteiger partial charge in [0.05, 0.1) is 0 Å². The minimum Gasteiger partial charge on any atom is -0.367 e. The summed E-state index contributed by atoms with van der Waals surface area (Å²) in [6.07, 6.45) is 3.14. The summed E-state index contributed by atoms with van der Waals surface area (Å²) in [5.41, 5.74) is 11.6. The third-order valence-corrected chi connectivity index (χ3v) is 4.45. The Bertz CT molecular complexity index is 589. The summed E-state index contributed by atoms with van der Waals surface area (Å²) in [7, 11) is 0. The van der Waals surface area contributed by atoms with Crippen molar-refractivity contribution in [2.75, 3.05) is 11.4 Å². The monoisotopic (exact) mass is 280 g/mol. The van der Waals surface area contributed by atoms with E-state index in [-0.39, 0.29) is 6.04 Å². The van der Waals surface area contributed by atoms with E-state index < -0.39 is 0 Å².